The van der Waals surface area contributed by atoms with Gasteiger partial charge in [-0.15, -0.1) is 0 Å². The van der Waals surface area contributed by atoms with Crippen LogP contribution in [-0.2, 0) is 0 Å². The molecule has 0 aliphatic rings. The molecule has 84 valence electrons. The first-order chi connectivity index (χ1) is 7.19. The highest BCUT2D eigenvalue weighted by Crippen LogP contribution is 2.26. The second kappa shape index (κ2) is 6.30. The molecular weight excluding hydrogens is 277 g/mol. The fraction of sp³-hybridized carbons (Fsp3) is 0.500. The fourth-order valence-corrected chi connectivity index (χ4v) is 2.28. The third kappa shape index (κ3) is 3.63. The van der Waals surface area contributed by atoms with Crippen LogP contribution in [0.25, 0.3) is 0 Å². The van der Waals surface area contributed by atoms with Crippen LogP contribution in [0.4, 0.5) is 5.82 Å². The molecular formula is C10H15BrClN3. The first kappa shape index (κ1) is 12.7. The second-order valence-electron chi connectivity index (χ2n) is 3.23. The molecule has 0 fully saturated rings. The van der Waals surface area contributed by atoms with Gasteiger partial charge in [-0.3, -0.25) is 0 Å². The molecule has 1 aromatic heterocycles. The minimum Gasteiger partial charge on any atom is -0.354 e. The predicted octanol–water partition coefficient (Wildman–Crippen LogP) is 2.67. The zero-order chi connectivity index (χ0) is 11.3. The number of rotatable bonds is 5. The van der Waals surface area contributed by atoms with E-state index in [9.17, 15) is 0 Å². The Morgan fingerprint density at radius 3 is 2.80 bits per heavy atom. The summed E-state index contributed by atoms with van der Waals surface area (Å²) in [6, 6.07) is 1.85. The van der Waals surface area contributed by atoms with Crippen LogP contribution >= 0.6 is 27.5 Å². The molecule has 0 spiro atoms. The van der Waals surface area contributed by atoms with Crippen LogP contribution in [0.2, 0.25) is 5.02 Å². The van der Waals surface area contributed by atoms with Crippen molar-refractivity contribution >= 4 is 33.3 Å². The largest absolute Gasteiger partial charge is 0.354 e. The normalized spacial score (nSPS) is 10.4. The quantitative estimate of drug-likeness (QED) is 0.907. The van der Waals surface area contributed by atoms with Crippen molar-refractivity contribution in [1.82, 2.24) is 4.98 Å². The van der Waals surface area contributed by atoms with E-state index in [0.29, 0.717) is 11.6 Å². The number of pyridine rings is 1. The minimum absolute atomic E-state index is 0.622. The van der Waals surface area contributed by atoms with E-state index < -0.39 is 0 Å². The Kier molecular flexibility index (Phi) is 5.36. The third-order valence-electron chi connectivity index (χ3n) is 1.98. The van der Waals surface area contributed by atoms with Crippen molar-refractivity contribution in [3.05, 3.63) is 21.8 Å². The lowest BCUT2D eigenvalue weighted by Crippen LogP contribution is -2.31. The van der Waals surface area contributed by atoms with Gasteiger partial charge in [0.15, 0.2) is 0 Å². The van der Waals surface area contributed by atoms with Crippen LogP contribution in [0.5, 0.6) is 0 Å². The summed E-state index contributed by atoms with van der Waals surface area (Å²) in [7, 11) is 0. The molecule has 2 N–H and O–H groups in total. The van der Waals surface area contributed by atoms with Crippen LogP contribution in [0, 0.1) is 0 Å². The Morgan fingerprint density at radius 1 is 1.53 bits per heavy atom. The lowest BCUT2D eigenvalue weighted by atomic mass is 10.3. The summed E-state index contributed by atoms with van der Waals surface area (Å²) in [5.74, 6) is 0.909. The molecule has 0 radical (unpaired) electrons. The van der Waals surface area contributed by atoms with E-state index in [0.717, 1.165) is 29.8 Å². The topological polar surface area (TPSA) is 42.1 Å². The maximum atomic E-state index is 5.84. The summed E-state index contributed by atoms with van der Waals surface area (Å²) in [6.45, 7) is 4.51. The maximum Gasteiger partial charge on any atom is 0.143 e. The van der Waals surface area contributed by atoms with Crippen molar-refractivity contribution in [2.24, 2.45) is 5.73 Å². The van der Waals surface area contributed by atoms with E-state index in [-0.39, 0.29) is 0 Å². The van der Waals surface area contributed by atoms with Gasteiger partial charge in [0.05, 0.1) is 9.50 Å². The van der Waals surface area contributed by atoms with Gasteiger partial charge in [-0.2, -0.15) is 0 Å². The molecule has 0 unspecified atom stereocenters. The molecule has 0 aliphatic heterocycles. The molecule has 0 bridgehead atoms. The van der Waals surface area contributed by atoms with Gasteiger partial charge in [0.2, 0.25) is 0 Å². The number of nitrogens with zero attached hydrogens (tertiary/aromatic N) is 2. The van der Waals surface area contributed by atoms with Crippen molar-refractivity contribution in [3.8, 4) is 0 Å². The highest BCUT2D eigenvalue weighted by Gasteiger charge is 2.10. The second-order valence-corrected chi connectivity index (χ2v) is 4.53. The average molecular weight is 293 g/mol. The highest BCUT2D eigenvalue weighted by atomic mass is 79.9. The zero-order valence-electron chi connectivity index (χ0n) is 8.71. The fourth-order valence-electron chi connectivity index (χ4n) is 1.39. The van der Waals surface area contributed by atoms with E-state index >= 15 is 0 Å². The van der Waals surface area contributed by atoms with Crippen molar-refractivity contribution in [1.29, 1.82) is 0 Å². The van der Waals surface area contributed by atoms with E-state index in [1.807, 2.05) is 6.07 Å². The molecule has 1 rings (SSSR count). The summed E-state index contributed by atoms with van der Waals surface area (Å²) in [6.07, 6.45) is 2.72. The van der Waals surface area contributed by atoms with Crippen molar-refractivity contribution < 1.29 is 0 Å². The Labute approximate surface area is 104 Å². The average Bonchev–Trinajstić information content (AvgIpc) is 2.17. The van der Waals surface area contributed by atoms with Gasteiger partial charge in [0.1, 0.15) is 5.82 Å². The van der Waals surface area contributed by atoms with Crippen LogP contribution in [0.3, 0.4) is 0 Å². The summed E-state index contributed by atoms with van der Waals surface area (Å²) in [4.78, 5) is 6.46. The molecule has 1 heterocycles. The number of aromatic nitrogens is 1. The van der Waals surface area contributed by atoms with Gasteiger partial charge in [-0.05, 0) is 28.4 Å². The number of hydrogen-bond acceptors (Lipinski definition) is 3. The third-order valence-corrected chi connectivity index (χ3v) is 2.77. The smallest absolute Gasteiger partial charge is 0.143 e. The monoisotopic (exact) mass is 291 g/mol. The lowest BCUT2D eigenvalue weighted by Gasteiger charge is -2.23. The van der Waals surface area contributed by atoms with Gasteiger partial charge in [0, 0.05) is 25.8 Å². The Morgan fingerprint density at radius 2 is 2.27 bits per heavy atom. The van der Waals surface area contributed by atoms with Crippen LogP contribution in [0.1, 0.15) is 13.3 Å². The first-order valence-electron chi connectivity index (χ1n) is 4.95. The summed E-state index contributed by atoms with van der Waals surface area (Å²) in [5.41, 5.74) is 5.57. The molecule has 15 heavy (non-hydrogen) atoms. The van der Waals surface area contributed by atoms with Gasteiger partial charge >= 0.3 is 0 Å². The molecule has 5 heteroatoms. The summed E-state index contributed by atoms with van der Waals surface area (Å²) < 4.78 is 0.914. The van der Waals surface area contributed by atoms with Gasteiger partial charge < -0.3 is 10.6 Å². The molecule has 0 atom stereocenters. The van der Waals surface area contributed by atoms with E-state index in [1.165, 1.54) is 0 Å². The molecule has 0 saturated heterocycles. The van der Waals surface area contributed by atoms with Gasteiger partial charge in [-0.25, -0.2) is 4.98 Å². The Balaban J connectivity index is 2.89. The molecule has 1 aromatic rings. The number of anilines is 1. The molecule has 0 aromatic carbocycles. The Bertz CT molecular complexity index is 314. The summed E-state index contributed by atoms with van der Waals surface area (Å²) >= 11 is 9.30. The lowest BCUT2D eigenvalue weighted by molar-refractivity contribution is 0.749. The highest BCUT2D eigenvalue weighted by molar-refractivity contribution is 9.10. The van der Waals surface area contributed by atoms with Gasteiger partial charge in [-0.1, -0.05) is 18.5 Å². The zero-order valence-corrected chi connectivity index (χ0v) is 11.1. The van der Waals surface area contributed by atoms with E-state index in [2.05, 4.69) is 32.7 Å². The van der Waals surface area contributed by atoms with E-state index in [4.69, 9.17) is 17.3 Å². The number of halogens is 2. The molecule has 0 saturated carbocycles. The van der Waals surface area contributed by atoms with Gasteiger partial charge in [0.25, 0.3) is 0 Å². The van der Waals surface area contributed by atoms with Crippen molar-refractivity contribution in [2.75, 3.05) is 24.5 Å². The SMILES string of the molecule is CCCN(CCN)c1ncc(Cl)cc1Br. The van der Waals surface area contributed by atoms with Crippen molar-refractivity contribution in [2.45, 2.75) is 13.3 Å². The first-order valence-corrected chi connectivity index (χ1v) is 6.12. The molecule has 0 aliphatic carbocycles. The van der Waals surface area contributed by atoms with Crippen LogP contribution in [0.15, 0.2) is 16.7 Å². The number of hydrogen-bond donors (Lipinski definition) is 1. The number of nitrogens with two attached hydrogens (primary N) is 1. The van der Waals surface area contributed by atoms with Crippen LogP contribution in [-0.4, -0.2) is 24.6 Å². The van der Waals surface area contributed by atoms with E-state index in [1.54, 1.807) is 6.20 Å². The molecule has 0 amide bonds. The molecule has 3 nitrogen and oxygen atoms in total. The van der Waals surface area contributed by atoms with Crippen molar-refractivity contribution in [3.63, 3.8) is 0 Å². The Hall–Kier alpha value is -0.320. The predicted molar refractivity (Wildman–Crippen MR) is 68.5 cm³/mol. The summed E-state index contributed by atoms with van der Waals surface area (Å²) in [5, 5.41) is 0.634. The standard InChI is InChI=1S/C10H15BrClN3/c1-2-4-15(5-3-13)10-9(11)6-8(12)7-14-10/h6-7H,2-5,13H2,1H3. The maximum absolute atomic E-state index is 5.84. The van der Waals surface area contributed by atoms with Crippen LogP contribution < -0.4 is 10.6 Å². The minimum atomic E-state index is 0.622.